The summed E-state index contributed by atoms with van der Waals surface area (Å²) in [6, 6.07) is 5.23. The van der Waals surface area contributed by atoms with Gasteiger partial charge in [-0.25, -0.2) is 0 Å². The predicted molar refractivity (Wildman–Crippen MR) is 61.6 cm³/mol. The van der Waals surface area contributed by atoms with Crippen LogP contribution in [0.5, 0.6) is 0 Å². The van der Waals surface area contributed by atoms with Crippen molar-refractivity contribution in [3.05, 3.63) is 21.9 Å². The van der Waals surface area contributed by atoms with E-state index in [0.717, 1.165) is 19.5 Å². The van der Waals surface area contributed by atoms with E-state index >= 15 is 0 Å². The van der Waals surface area contributed by atoms with E-state index in [4.69, 9.17) is 5.73 Å². The van der Waals surface area contributed by atoms with Crippen molar-refractivity contribution in [3.8, 4) is 0 Å². The second-order valence-electron chi connectivity index (χ2n) is 3.97. The Morgan fingerprint density at radius 2 is 2.36 bits per heavy atom. The quantitative estimate of drug-likeness (QED) is 0.810. The Bertz CT molecular complexity index is 308. The van der Waals surface area contributed by atoms with Gasteiger partial charge in [-0.15, -0.1) is 11.3 Å². The molecule has 3 heteroatoms. The first-order valence-electron chi connectivity index (χ1n) is 5.28. The normalized spacial score (nSPS) is 28.5. The minimum Gasteiger partial charge on any atom is -0.326 e. The Morgan fingerprint density at radius 3 is 2.93 bits per heavy atom. The van der Waals surface area contributed by atoms with E-state index in [2.05, 4.69) is 30.9 Å². The van der Waals surface area contributed by atoms with Crippen molar-refractivity contribution in [1.29, 1.82) is 0 Å². The van der Waals surface area contributed by atoms with E-state index in [1.54, 1.807) is 0 Å². The summed E-state index contributed by atoms with van der Waals surface area (Å²) in [5.74, 6) is 0. The molecule has 2 rings (SSSR count). The van der Waals surface area contributed by atoms with E-state index in [9.17, 15) is 0 Å². The number of aryl methyl sites for hydroxylation is 1. The van der Waals surface area contributed by atoms with Crippen LogP contribution in [0.4, 0.5) is 0 Å². The lowest BCUT2D eigenvalue weighted by atomic mass is 10.1. The zero-order chi connectivity index (χ0) is 10.1. The van der Waals surface area contributed by atoms with Crippen LogP contribution in [0.15, 0.2) is 12.1 Å². The van der Waals surface area contributed by atoms with Crippen LogP contribution in [0.25, 0.3) is 0 Å². The summed E-state index contributed by atoms with van der Waals surface area (Å²) < 4.78 is 0. The SMILES string of the molecule is CCN1CCC(N)C1c1ccc(C)s1. The fourth-order valence-corrected chi connectivity index (χ4v) is 3.33. The average Bonchev–Trinajstić information content (AvgIpc) is 2.71. The highest BCUT2D eigenvalue weighted by atomic mass is 32.1. The summed E-state index contributed by atoms with van der Waals surface area (Å²) in [4.78, 5) is 5.31. The fraction of sp³-hybridized carbons (Fsp3) is 0.636. The van der Waals surface area contributed by atoms with Crippen LogP contribution in [-0.2, 0) is 0 Å². The third-order valence-corrected chi connectivity index (χ3v) is 4.08. The zero-order valence-electron chi connectivity index (χ0n) is 8.86. The molecule has 78 valence electrons. The molecule has 0 bridgehead atoms. The second kappa shape index (κ2) is 4.01. The highest BCUT2D eigenvalue weighted by Gasteiger charge is 2.32. The maximum absolute atomic E-state index is 6.15. The molecule has 2 N–H and O–H groups in total. The van der Waals surface area contributed by atoms with Gasteiger partial charge >= 0.3 is 0 Å². The van der Waals surface area contributed by atoms with Gasteiger partial charge in [-0.2, -0.15) is 0 Å². The van der Waals surface area contributed by atoms with E-state index < -0.39 is 0 Å². The standard InChI is InChI=1S/C11H18N2S/c1-3-13-7-6-9(12)11(13)10-5-4-8(2)14-10/h4-5,9,11H,3,6-7,12H2,1-2H3. The molecule has 0 saturated carbocycles. The predicted octanol–water partition coefficient (Wildman–Crippen LogP) is 2.15. The molecule has 2 heterocycles. The van der Waals surface area contributed by atoms with Crippen molar-refractivity contribution in [2.45, 2.75) is 32.4 Å². The number of likely N-dealkylation sites (tertiary alicyclic amines) is 1. The Morgan fingerprint density at radius 1 is 1.57 bits per heavy atom. The molecule has 2 atom stereocenters. The number of hydrogen-bond acceptors (Lipinski definition) is 3. The molecule has 1 fully saturated rings. The number of nitrogens with two attached hydrogens (primary N) is 1. The zero-order valence-corrected chi connectivity index (χ0v) is 9.68. The second-order valence-corrected chi connectivity index (χ2v) is 5.29. The van der Waals surface area contributed by atoms with Gasteiger partial charge in [0, 0.05) is 22.3 Å². The van der Waals surface area contributed by atoms with E-state index in [-0.39, 0.29) is 0 Å². The van der Waals surface area contributed by atoms with Crippen LogP contribution >= 0.6 is 11.3 Å². The summed E-state index contributed by atoms with van der Waals surface area (Å²) in [5.41, 5.74) is 6.15. The Hall–Kier alpha value is -0.380. The molecule has 14 heavy (non-hydrogen) atoms. The first-order chi connectivity index (χ1) is 6.72. The minimum atomic E-state index is 0.327. The molecule has 1 aromatic rings. The smallest absolute Gasteiger partial charge is 0.0593 e. The molecule has 0 spiro atoms. The minimum absolute atomic E-state index is 0.327. The first-order valence-corrected chi connectivity index (χ1v) is 6.10. The molecule has 2 nitrogen and oxygen atoms in total. The number of nitrogens with zero attached hydrogens (tertiary/aromatic N) is 1. The summed E-state index contributed by atoms with van der Waals surface area (Å²) >= 11 is 1.89. The Labute approximate surface area is 89.7 Å². The van der Waals surface area contributed by atoms with Crippen LogP contribution in [0.1, 0.15) is 29.1 Å². The lowest BCUT2D eigenvalue weighted by Crippen LogP contribution is -2.30. The number of thiophene rings is 1. The molecule has 1 aromatic heterocycles. The van der Waals surface area contributed by atoms with E-state index in [0.29, 0.717) is 12.1 Å². The van der Waals surface area contributed by atoms with Gasteiger partial charge in [0.25, 0.3) is 0 Å². The maximum atomic E-state index is 6.15. The van der Waals surface area contributed by atoms with Crippen molar-refractivity contribution in [2.24, 2.45) is 5.73 Å². The van der Waals surface area contributed by atoms with Gasteiger partial charge in [0.2, 0.25) is 0 Å². The number of likely N-dealkylation sites (N-methyl/N-ethyl adjacent to an activating group) is 1. The molecule has 1 aliphatic rings. The molecular formula is C11H18N2S. The van der Waals surface area contributed by atoms with E-state index in [1.165, 1.54) is 9.75 Å². The highest BCUT2D eigenvalue weighted by molar-refractivity contribution is 7.12. The van der Waals surface area contributed by atoms with Crippen molar-refractivity contribution >= 4 is 11.3 Å². The van der Waals surface area contributed by atoms with Gasteiger partial charge in [-0.3, -0.25) is 4.90 Å². The molecule has 0 aliphatic carbocycles. The van der Waals surface area contributed by atoms with Crippen LogP contribution in [-0.4, -0.2) is 24.0 Å². The highest BCUT2D eigenvalue weighted by Crippen LogP contribution is 2.34. The Balaban J connectivity index is 2.22. The van der Waals surface area contributed by atoms with Crippen LogP contribution in [0, 0.1) is 6.92 Å². The molecule has 2 unspecified atom stereocenters. The van der Waals surface area contributed by atoms with E-state index in [1.807, 2.05) is 11.3 Å². The van der Waals surface area contributed by atoms with Gasteiger partial charge in [0.1, 0.15) is 0 Å². The van der Waals surface area contributed by atoms with Crippen LogP contribution in [0.2, 0.25) is 0 Å². The summed E-state index contributed by atoms with van der Waals surface area (Å²) in [6.45, 7) is 6.63. The van der Waals surface area contributed by atoms with Crippen LogP contribution < -0.4 is 5.73 Å². The summed E-state index contributed by atoms with van der Waals surface area (Å²) in [5, 5.41) is 0. The monoisotopic (exact) mass is 210 g/mol. The first kappa shape index (κ1) is 10.1. The summed E-state index contributed by atoms with van der Waals surface area (Å²) in [7, 11) is 0. The fourth-order valence-electron chi connectivity index (χ4n) is 2.24. The van der Waals surface area contributed by atoms with Gasteiger partial charge in [0.05, 0.1) is 6.04 Å². The van der Waals surface area contributed by atoms with Gasteiger partial charge in [-0.1, -0.05) is 6.92 Å². The molecule has 0 aromatic carbocycles. The number of hydrogen-bond donors (Lipinski definition) is 1. The van der Waals surface area contributed by atoms with Crippen molar-refractivity contribution in [2.75, 3.05) is 13.1 Å². The molecule has 1 aliphatic heterocycles. The third kappa shape index (κ3) is 1.72. The van der Waals surface area contributed by atoms with Gasteiger partial charge in [-0.05, 0) is 32.0 Å². The number of rotatable bonds is 2. The average molecular weight is 210 g/mol. The molecule has 0 amide bonds. The maximum Gasteiger partial charge on any atom is 0.0593 e. The topological polar surface area (TPSA) is 29.3 Å². The van der Waals surface area contributed by atoms with Crippen molar-refractivity contribution in [1.82, 2.24) is 4.90 Å². The van der Waals surface area contributed by atoms with Crippen molar-refractivity contribution < 1.29 is 0 Å². The Kier molecular flexibility index (Phi) is 2.91. The van der Waals surface area contributed by atoms with Gasteiger partial charge < -0.3 is 5.73 Å². The molecule has 0 radical (unpaired) electrons. The molecule has 1 saturated heterocycles. The lowest BCUT2D eigenvalue weighted by Gasteiger charge is -2.24. The summed E-state index contributed by atoms with van der Waals surface area (Å²) in [6.07, 6.45) is 1.13. The molecular weight excluding hydrogens is 192 g/mol. The van der Waals surface area contributed by atoms with Crippen molar-refractivity contribution in [3.63, 3.8) is 0 Å². The van der Waals surface area contributed by atoms with Crippen LogP contribution in [0.3, 0.4) is 0 Å². The van der Waals surface area contributed by atoms with Gasteiger partial charge in [0.15, 0.2) is 0 Å². The lowest BCUT2D eigenvalue weighted by molar-refractivity contribution is 0.264. The third-order valence-electron chi connectivity index (χ3n) is 3.01. The largest absolute Gasteiger partial charge is 0.326 e.